The highest BCUT2D eigenvalue weighted by atomic mass is 16.1. The molecule has 0 aromatic heterocycles. The molecule has 1 amide bonds. The fraction of sp³-hybridized carbons (Fsp3) is 0.923. The molecule has 0 aliphatic heterocycles. The Hall–Kier alpha value is -0.570. The van der Waals surface area contributed by atoms with Crippen LogP contribution in [0.5, 0.6) is 0 Å². The first kappa shape index (κ1) is 15.4. The van der Waals surface area contributed by atoms with E-state index in [0.29, 0.717) is 6.54 Å². The Balaban J connectivity index is 4.18. The molecule has 0 fully saturated rings. The minimum atomic E-state index is 0.0250. The number of carbonyl (C=O) groups is 1. The number of carbonyl (C=O) groups excluding carboxylic acids is 1. The van der Waals surface area contributed by atoms with Gasteiger partial charge >= 0.3 is 0 Å². The Morgan fingerprint density at radius 3 is 2.00 bits per heavy atom. The number of hydrogen-bond acceptors (Lipinski definition) is 2. The second-order valence-electron chi connectivity index (χ2n) is 6.50. The Labute approximate surface area is 100 Å². The van der Waals surface area contributed by atoms with Crippen molar-refractivity contribution in [2.45, 2.75) is 41.5 Å². The molecule has 0 rings (SSSR count). The summed E-state index contributed by atoms with van der Waals surface area (Å²) in [5.74, 6) is 0.189. The molecule has 1 unspecified atom stereocenters. The Bertz CT molecular complexity index is 229. The summed E-state index contributed by atoms with van der Waals surface area (Å²) in [4.78, 5) is 11.9. The van der Waals surface area contributed by atoms with Crippen LogP contribution >= 0.6 is 0 Å². The van der Waals surface area contributed by atoms with Gasteiger partial charge in [-0.25, -0.2) is 0 Å². The zero-order valence-electron chi connectivity index (χ0n) is 11.9. The van der Waals surface area contributed by atoms with Crippen molar-refractivity contribution >= 4 is 5.91 Å². The predicted molar refractivity (Wildman–Crippen MR) is 69.3 cm³/mol. The van der Waals surface area contributed by atoms with E-state index in [1.54, 1.807) is 0 Å². The van der Waals surface area contributed by atoms with Crippen molar-refractivity contribution in [1.29, 1.82) is 0 Å². The lowest BCUT2D eigenvalue weighted by Gasteiger charge is -2.29. The van der Waals surface area contributed by atoms with Crippen LogP contribution in [0.25, 0.3) is 0 Å². The first-order chi connectivity index (χ1) is 7.10. The normalized spacial score (nSPS) is 14.7. The molecular formula is C13H28N2O. The second kappa shape index (κ2) is 5.67. The lowest BCUT2D eigenvalue weighted by Crippen LogP contribution is -2.43. The number of nitrogens with one attached hydrogen (secondary N) is 2. The molecule has 0 aromatic rings. The number of hydrogen-bond donors (Lipinski definition) is 2. The zero-order chi connectivity index (χ0) is 13.0. The van der Waals surface area contributed by atoms with Gasteiger partial charge in [-0.3, -0.25) is 4.79 Å². The maximum absolute atomic E-state index is 11.9. The third kappa shape index (κ3) is 5.50. The molecule has 2 N–H and O–H groups in total. The summed E-state index contributed by atoms with van der Waals surface area (Å²) in [6.07, 6.45) is 0. The van der Waals surface area contributed by atoms with Crippen LogP contribution in [0, 0.1) is 16.7 Å². The van der Waals surface area contributed by atoms with Crippen LogP contribution in [0.15, 0.2) is 0 Å². The summed E-state index contributed by atoms with van der Waals surface area (Å²) in [5.41, 5.74) is 0.124. The van der Waals surface area contributed by atoms with Gasteiger partial charge in [0.15, 0.2) is 0 Å². The summed E-state index contributed by atoms with van der Waals surface area (Å²) < 4.78 is 0. The van der Waals surface area contributed by atoms with Crippen molar-refractivity contribution in [3.05, 3.63) is 0 Å². The number of rotatable bonds is 5. The molecule has 0 heterocycles. The average molecular weight is 228 g/mol. The van der Waals surface area contributed by atoms with E-state index in [9.17, 15) is 4.79 Å². The minimum absolute atomic E-state index is 0.0250. The molecule has 0 saturated heterocycles. The van der Waals surface area contributed by atoms with E-state index in [0.717, 1.165) is 6.54 Å². The summed E-state index contributed by atoms with van der Waals surface area (Å²) >= 11 is 0. The molecule has 0 spiro atoms. The average Bonchev–Trinajstić information content (AvgIpc) is 2.11. The van der Waals surface area contributed by atoms with Gasteiger partial charge in [0.2, 0.25) is 5.91 Å². The highest BCUT2D eigenvalue weighted by Gasteiger charge is 2.27. The molecule has 16 heavy (non-hydrogen) atoms. The highest BCUT2D eigenvalue weighted by Crippen LogP contribution is 2.25. The Morgan fingerprint density at radius 2 is 1.62 bits per heavy atom. The maximum atomic E-state index is 11.9. The van der Waals surface area contributed by atoms with Crippen molar-refractivity contribution in [2.24, 2.45) is 16.7 Å². The van der Waals surface area contributed by atoms with E-state index in [1.807, 2.05) is 14.0 Å². The molecule has 0 radical (unpaired) electrons. The van der Waals surface area contributed by atoms with Gasteiger partial charge in [0.05, 0.1) is 0 Å². The lowest BCUT2D eigenvalue weighted by atomic mass is 9.81. The van der Waals surface area contributed by atoms with Gasteiger partial charge in [0, 0.05) is 19.0 Å². The second-order valence-corrected chi connectivity index (χ2v) is 6.50. The van der Waals surface area contributed by atoms with Gasteiger partial charge < -0.3 is 10.6 Å². The van der Waals surface area contributed by atoms with E-state index < -0.39 is 0 Å². The van der Waals surface area contributed by atoms with Gasteiger partial charge in [-0.15, -0.1) is 0 Å². The molecule has 3 heteroatoms. The van der Waals surface area contributed by atoms with E-state index in [4.69, 9.17) is 0 Å². The third-order valence-corrected chi connectivity index (χ3v) is 3.09. The van der Waals surface area contributed by atoms with Crippen molar-refractivity contribution < 1.29 is 4.79 Å². The topological polar surface area (TPSA) is 41.1 Å². The van der Waals surface area contributed by atoms with Crippen LogP contribution in [-0.4, -0.2) is 26.0 Å². The fourth-order valence-corrected chi connectivity index (χ4v) is 1.41. The van der Waals surface area contributed by atoms with Crippen molar-refractivity contribution in [3.8, 4) is 0 Å². The first-order valence-corrected chi connectivity index (χ1v) is 6.02. The van der Waals surface area contributed by atoms with Crippen LogP contribution in [0.4, 0.5) is 0 Å². The molecule has 0 bridgehead atoms. The summed E-state index contributed by atoms with van der Waals surface area (Å²) in [6, 6.07) is 0. The van der Waals surface area contributed by atoms with E-state index in [-0.39, 0.29) is 22.7 Å². The Kier molecular flexibility index (Phi) is 5.47. The van der Waals surface area contributed by atoms with Crippen LogP contribution in [0.1, 0.15) is 41.5 Å². The molecule has 0 saturated carbocycles. The molecule has 0 aliphatic rings. The van der Waals surface area contributed by atoms with Crippen molar-refractivity contribution in [2.75, 3.05) is 20.1 Å². The van der Waals surface area contributed by atoms with Crippen molar-refractivity contribution in [1.82, 2.24) is 10.6 Å². The largest absolute Gasteiger partial charge is 0.355 e. The van der Waals surface area contributed by atoms with Gasteiger partial charge in [-0.05, 0) is 17.9 Å². The molecular weight excluding hydrogens is 200 g/mol. The number of amides is 1. The van der Waals surface area contributed by atoms with Crippen LogP contribution in [0.2, 0.25) is 0 Å². The smallest absolute Gasteiger partial charge is 0.223 e. The fourth-order valence-electron chi connectivity index (χ4n) is 1.41. The van der Waals surface area contributed by atoms with Gasteiger partial charge in [0.1, 0.15) is 0 Å². The van der Waals surface area contributed by atoms with Crippen LogP contribution in [0.3, 0.4) is 0 Å². The maximum Gasteiger partial charge on any atom is 0.223 e. The van der Waals surface area contributed by atoms with Gasteiger partial charge in [-0.1, -0.05) is 41.5 Å². The summed E-state index contributed by atoms with van der Waals surface area (Å²) in [7, 11) is 1.93. The van der Waals surface area contributed by atoms with Gasteiger partial charge in [-0.2, -0.15) is 0 Å². The predicted octanol–water partition coefficient (Wildman–Crippen LogP) is 2.03. The van der Waals surface area contributed by atoms with Crippen LogP contribution < -0.4 is 10.6 Å². The molecule has 96 valence electrons. The third-order valence-electron chi connectivity index (χ3n) is 3.09. The molecule has 0 aliphatic carbocycles. The van der Waals surface area contributed by atoms with E-state index in [2.05, 4.69) is 45.3 Å². The van der Waals surface area contributed by atoms with E-state index in [1.165, 1.54) is 0 Å². The molecule has 3 nitrogen and oxygen atoms in total. The van der Waals surface area contributed by atoms with E-state index >= 15 is 0 Å². The summed E-state index contributed by atoms with van der Waals surface area (Å²) in [6.45, 7) is 14.2. The molecule has 0 aromatic carbocycles. The first-order valence-electron chi connectivity index (χ1n) is 6.02. The lowest BCUT2D eigenvalue weighted by molar-refractivity contribution is -0.127. The standard InChI is InChI=1S/C13H28N2O/c1-10(12(2,3)4)11(16)15-9-13(5,6)8-14-7/h10,14H,8-9H2,1-7H3,(H,15,16). The quantitative estimate of drug-likeness (QED) is 0.756. The van der Waals surface area contributed by atoms with Crippen molar-refractivity contribution in [3.63, 3.8) is 0 Å². The minimum Gasteiger partial charge on any atom is -0.355 e. The molecule has 1 atom stereocenters. The Morgan fingerprint density at radius 1 is 1.12 bits per heavy atom. The zero-order valence-corrected chi connectivity index (χ0v) is 11.9. The van der Waals surface area contributed by atoms with Gasteiger partial charge in [0.25, 0.3) is 0 Å². The highest BCUT2D eigenvalue weighted by molar-refractivity contribution is 5.79. The van der Waals surface area contributed by atoms with Crippen LogP contribution in [-0.2, 0) is 4.79 Å². The monoisotopic (exact) mass is 228 g/mol. The summed E-state index contributed by atoms with van der Waals surface area (Å²) in [5, 5.41) is 6.17. The SMILES string of the molecule is CNCC(C)(C)CNC(=O)C(C)C(C)(C)C.